The number of nitrogens with one attached hydrogen (secondary N) is 1. The van der Waals surface area contributed by atoms with Crippen molar-refractivity contribution >= 4 is 10.9 Å². The van der Waals surface area contributed by atoms with E-state index in [9.17, 15) is 0 Å². The number of aromatic nitrogens is 3. The highest BCUT2D eigenvalue weighted by atomic mass is 16.5. The lowest BCUT2D eigenvalue weighted by Gasteiger charge is -2.18. The van der Waals surface area contributed by atoms with Crippen LogP contribution in [0.3, 0.4) is 0 Å². The minimum atomic E-state index is 0.591. The predicted octanol–water partition coefficient (Wildman–Crippen LogP) is 4.35. The van der Waals surface area contributed by atoms with E-state index in [0.717, 1.165) is 76.0 Å². The molecule has 4 aromatic rings. The molecule has 2 aromatic heterocycles. The van der Waals surface area contributed by atoms with Crippen molar-refractivity contribution in [2.24, 2.45) is 0 Å². The maximum absolute atomic E-state index is 6.10. The molecule has 1 aliphatic heterocycles. The number of H-pyrrole nitrogens is 1. The summed E-state index contributed by atoms with van der Waals surface area (Å²) in [7, 11) is 3.35. The molecule has 32 heavy (non-hydrogen) atoms. The second kappa shape index (κ2) is 8.51. The average molecular weight is 431 g/mol. The molecule has 0 atom stereocenters. The van der Waals surface area contributed by atoms with Gasteiger partial charge < -0.3 is 19.2 Å². The van der Waals surface area contributed by atoms with E-state index in [1.54, 1.807) is 20.4 Å². The zero-order chi connectivity index (χ0) is 22.1. The molecule has 7 nitrogen and oxygen atoms in total. The summed E-state index contributed by atoms with van der Waals surface area (Å²) in [5.41, 5.74) is 4.94. The quantitative estimate of drug-likeness (QED) is 0.508. The van der Waals surface area contributed by atoms with Crippen LogP contribution in [0.15, 0.2) is 48.8 Å². The summed E-state index contributed by atoms with van der Waals surface area (Å²) >= 11 is 0. The van der Waals surface area contributed by atoms with Crippen LogP contribution in [-0.4, -0.2) is 47.2 Å². The molecule has 0 unspecified atom stereocenters. The molecule has 7 heteroatoms. The van der Waals surface area contributed by atoms with Gasteiger partial charge in [0.1, 0.15) is 23.7 Å². The minimum absolute atomic E-state index is 0.591. The summed E-state index contributed by atoms with van der Waals surface area (Å²) in [6.07, 6.45) is 3.63. The first-order valence-corrected chi connectivity index (χ1v) is 10.7. The van der Waals surface area contributed by atoms with Gasteiger partial charge in [-0.3, -0.25) is 4.90 Å². The number of benzene rings is 2. The Balaban J connectivity index is 1.58. The second-order valence-electron chi connectivity index (χ2n) is 7.94. The molecule has 0 bridgehead atoms. The summed E-state index contributed by atoms with van der Waals surface area (Å²) in [5.74, 6) is 3.22. The molecule has 0 amide bonds. The zero-order valence-electron chi connectivity index (χ0n) is 18.5. The lowest BCUT2D eigenvalue weighted by atomic mass is 10.0. The molecular weight excluding hydrogens is 404 g/mol. The standard InChI is InChI=1S/C25H26N4O3/c1-16-11-20(28-24-19(16)5-4-6-21(24)30-2)17-12-18-14-29(15-23-26-7-8-27-23)9-10-32-25(18)22(13-17)31-3/h4-8,11-13H,9-10,14-15H2,1-3H3,(H,26,27). The highest BCUT2D eigenvalue weighted by molar-refractivity contribution is 5.89. The first-order valence-electron chi connectivity index (χ1n) is 10.7. The van der Waals surface area contributed by atoms with Crippen LogP contribution >= 0.6 is 0 Å². The summed E-state index contributed by atoms with van der Waals surface area (Å²) < 4.78 is 17.4. The lowest BCUT2D eigenvalue weighted by Crippen LogP contribution is -2.25. The van der Waals surface area contributed by atoms with Gasteiger partial charge in [0, 0.05) is 42.0 Å². The van der Waals surface area contributed by atoms with E-state index in [4.69, 9.17) is 19.2 Å². The number of rotatable bonds is 5. The number of pyridine rings is 1. The fourth-order valence-corrected chi connectivity index (χ4v) is 4.27. The molecule has 1 N–H and O–H groups in total. The highest BCUT2D eigenvalue weighted by Crippen LogP contribution is 2.39. The van der Waals surface area contributed by atoms with Crippen molar-refractivity contribution in [3.63, 3.8) is 0 Å². The van der Waals surface area contributed by atoms with Gasteiger partial charge in [0.25, 0.3) is 0 Å². The predicted molar refractivity (Wildman–Crippen MR) is 123 cm³/mol. The summed E-state index contributed by atoms with van der Waals surface area (Å²) in [6.45, 7) is 4.96. The normalized spacial score (nSPS) is 14.0. The van der Waals surface area contributed by atoms with Gasteiger partial charge in [0.05, 0.1) is 26.5 Å². The van der Waals surface area contributed by atoms with Crippen molar-refractivity contribution in [1.29, 1.82) is 0 Å². The number of methoxy groups -OCH3 is 2. The molecule has 0 saturated carbocycles. The molecule has 0 radical (unpaired) electrons. The van der Waals surface area contributed by atoms with Gasteiger partial charge in [-0.05, 0) is 36.8 Å². The Hall–Kier alpha value is -3.58. The lowest BCUT2D eigenvalue weighted by molar-refractivity contribution is 0.213. The third-order valence-corrected chi connectivity index (χ3v) is 5.85. The Labute approximate surface area is 187 Å². The minimum Gasteiger partial charge on any atom is -0.494 e. The monoisotopic (exact) mass is 430 g/mol. The molecule has 5 rings (SSSR count). The largest absolute Gasteiger partial charge is 0.494 e. The van der Waals surface area contributed by atoms with E-state index in [-0.39, 0.29) is 0 Å². The maximum atomic E-state index is 6.10. The highest BCUT2D eigenvalue weighted by Gasteiger charge is 2.22. The molecule has 3 heterocycles. The number of fused-ring (bicyclic) bond motifs is 2. The fourth-order valence-electron chi connectivity index (χ4n) is 4.27. The Morgan fingerprint density at radius 3 is 2.78 bits per heavy atom. The maximum Gasteiger partial charge on any atom is 0.165 e. The van der Waals surface area contributed by atoms with Crippen molar-refractivity contribution in [2.45, 2.75) is 20.0 Å². The molecule has 164 valence electrons. The average Bonchev–Trinajstić information content (AvgIpc) is 3.23. The smallest absolute Gasteiger partial charge is 0.165 e. The number of ether oxygens (including phenoxy) is 3. The first kappa shape index (κ1) is 20.3. The number of para-hydroxylation sites is 1. The van der Waals surface area contributed by atoms with Crippen molar-refractivity contribution in [2.75, 3.05) is 27.4 Å². The number of aryl methyl sites for hydroxylation is 1. The number of aromatic amines is 1. The van der Waals surface area contributed by atoms with Gasteiger partial charge in [0.15, 0.2) is 11.5 Å². The van der Waals surface area contributed by atoms with Crippen LogP contribution in [0.1, 0.15) is 17.0 Å². The summed E-state index contributed by atoms with van der Waals surface area (Å²) in [6, 6.07) is 12.3. The topological polar surface area (TPSA) is 72.5 Å². The summed E-state index contributed by atoms with van der Waals surface area (Å²) in [4.78, 5) is 14.8. The fraction of sp³-hybridized carbons (Fsp3) is 0.280. The summed E-state index contributed by atoms with van der Waals surface area (Å²) in [5, 5.41) is 1.09. The zero-order valence-corrected chi connectivity index (χ0v) is 18.5. The van der Waals surface area contributed by atoms with Crippen LogP contribution in [0, 0.1) is 6.92 Å². The van der Waals surface area contributed by atoms with Crippen LogP contribution in [0.2, 0.25) is 0 Å². The van der Waals surface area contributed by atoms with Gasteiger partial charge in [0.2, 0.25) is 0 Å². The number of imidazole rings is 1. The van der Waals surface area contributed by atoms with Crippen molar-refractivity contribution in [3.05, 3.63) is 65.7 Å². The first-order chi connectivity index (χ1) is 15.7. The molecule has 0 spiro atoms. The third-order valence-electron chi connectivity index (χ3n) is 5.85. The molecule has 0 fully saturated rings. The van der Waals surface area contributed by atoms with Crippen molar-refractivity contribution in [3.8, 4) is 28.5 Å². The van der Waals surface area contributed by atoms with Crippen LogP contribution < -0.4 is 14.2 Å². The van der Waals surface area contributed by atoms with Crippen molar-refractivity contribution < 1.29 is 14.2 Å². The van der Waals surface area contributed by atoms with Gasteiger partial charge >= 0.3 is 0 Å². The Morgan fingerprint density at radius 2 is 2.00 bits per heavy atom. The Kier molecular flexibility index (Phi) is 5.41. The van der Waals surface area contributed by atoms with E-state index >= 15 is 0 Å². The van der Waals surface area contributed by atoms with E-state index in [2.05, 4.69) is 40.0 Å². The Bertz CT molecular complexity index is 1250. The number of hydrogen-bond acceptors (Lipinski definition) is 6. The third kappa shape index (κ3) is 3.76. The van der Waals surface area contributed by atoms with E-state index < -0.39 is 0 Å². The van der Waals surface area contributed by atoms with Crippen LogP contribution in [0.5, 0.6) is 17.2 Å². The van der Waals surface area contributed by atoms with Crippen molar-refractivity contribution in [1.82, 2.24) is 19.9 Å². The van der Waals surface area contributed by atoms with Crippen LogP contribution in [0.4, 0.5) is 0 Å². The van der Waals surface area contributed by atoms with E-state index in [1.807, 2.05) is 24.4 Å². The SMILES string of the molecule is COc1cc(-c2cc(C)c3cccc(OC)c3n2)cc2c1OCCN(Cc1ncc[nH]1)C2. The number of hydrogen-bond donors (Lipinski definition) is 1. The van der Waals surface area contributed by atoms with Crippen LogP contribution in [-0.2, 0) is 13.1 Å². The van der Waals surface area contributed by atoms with E-state index in [1.165, 1.54) is 0 Å². The molecule has 0 aliphatic carbocycles. The number of nitrogens with zero attached hydrogens (tertiary/aromatic N) is 3. The van der Waals surface area contributed by atoms with Crippen LogP contribution in [0.25, 0.3) is 22.2 Å². The van der Waals surface area contributed by atoms with Gasteiger partial charge in [-0.1, -0.05) is 12.1 Å². The van der Waals surface area contributed by atoms with E-state index in [0.29, 0.717) is 6.61 Å². The Morgan fingerprint density at radius 1 is 1.12 bits per heavy atom. The molecule has 1 aliphatic rings. The molecule has 2 aromatic carbocycles. The van der Waals surface area contributed by atoms with Gasteiger partial charge in [-0.15, -0.1) is 0 Å². The van der Waals surface area contributed by atoms with Gasteiger partial charge in [-0.2, -0.15) is 0 Å². The van der Waals surface area contributed by atoms with Gasteiger partial charge in [-0.25, -0.2) is 9.97 Å². The second-order valence-corrected chi connectivity index (χ2v) is 7.94. The molecular formula is C25H26N4O3. The molecule has 0 saturated heterocycles.